The summed E-state index contributed by atoms with van der Waals surface area (Å²) in [4.78, 5) is 10.0. The van der Waals surface area contributed by atoms with Gasteiger partial charge in [0.1, 0.15) is 11.6 Å². The minimum absolute atomic E-state index is 0.00774. The second-order valence-corrected chi connectivity index (χ2v) is 6.37. The second-order valence-electron chi connectivity index (χ2n) is 6.03. The molecule has 0 radical (unpaired) electrons. The van der Waals surface area contributed by atoms with Crippen LogP contribution in [0.15, 0.2) is 24.3 Å². The van der Waals surface area contributed by atoms with Gasteiger partial charge in [0.15, 0.2) is 0 Å². The van der Waals surface area contributed by atoms with E-state index in [1.807, 2.05) is 0 Å². The Morgan fingerprint density at radius 2 is 1.83 bits per heavy atom. The van der Waals surface area contributed by atoms with Crippen molar-refractivity contribution >= 4 is 17.4 Å². The molecule has 1 atom stereocenters. The average Bonchev–Trinajstić information content (AvgIpc) is 2.88. The molecule has 1 unspecified atom stereocenters. The first-order chi connectivity index (χ1) is 10.9. The largest absolute Gasteiger partial charge is 0.344 e. The highest BCUT2D eigenvalue weighted by molar-refractivity contribution is 6.28. The maximum Gasteiger partial charge on any atom is 0.282 e. The van der Waals surface area contributed by atoms with E-state index < -0.39 is 5.92 Å². The minimum Gasteiger partial charge on any atom is -0.344 e. The van der Waals surface area contributed by atoms with Crippen molar-refractivity contribution in [2.75, 3.05) is 18.0 Å². The van der Waals surface area contributed by atoms with E-state index in [4.69, 9.17) is 11.6 Å². The molecule has 2 aliphatic rings. The van der Waals surface area contributed by atoms with E-state index in [9.17, 15) is 13.2 Å². The number of benzene rings is 1. The third-order valence-electron chi connectivity index (χ3n) is 4.42. The zero-order valence-corrected chi connectivity index (χ0v) is 12.8. The van der Waals surface area contributed by atoms with Crippen LogP contribution in [0.4, 0.5) is 19.0 Å². The van der Waals surface area contributed by atoms with E-state index in [1.54, 1.807) is 17.0 Å². The molecule has 3 nitrogen and oxygen atoms in total. The summed E-state index contributed by atoms with van der Waals surface area (Å²) in [5.41, 5.74) is 2.58. The SMILES string of the molecule is Fc1ccc(C2CCc3c2nc(Cl)nc3N2CC(F)(F)C2)cc1. The van der Waals surface area contributed by atoms with Gasteiger partial charge in [-0.3, -0.25) is 0 Å². The first-order valence-corrected chi connectivity index (χ1v) is 7.75. The fourth-order valence-electron chi connectivity index (χ4n) is 3.36. The van der Waals surface area contributed by atoms with Crippen LogP contribution in [-0.2, 0) is 6.42 Å². The predicted molar refractivity (Wildman–Crippen MR) is 80.8 cm³/mol. The summed E-state index contributed by atoms with van der Waals surface area (Å²) in [6.45, 7) is -0.679. The van der Waals surface area contributed by atoms with Gasteiger partial charge in [0, 0.05) is 11.5 Å². The van der Waals surface area contributed by atoms with E-state index in [0.717, 1.165) is 23.2 Å². The van der Waals surface area contributed by atoms with Gasteiger partial charge in [-0.1, -0.05) is 12.1 Å². The van der Waals surface area contributed by atoms with Gasteiger partial charge in [0.05, 0.1) is 18.8 Å². The Bertz CT molecular complexity index is 756. The molecule has 2 heterocycles. The first-order valence-electron chi connectivity index (χ1n) is 7.37. The summed E-state index contributed by atoms with van der Waals surface area (Å²) >= 11 is 6.01. The molecular formula is C16H13ClF3N3. The Labute approximate surface area is 136 Å². The molecule has 1 fully saturated rings. The Balaban J connectivity index is 1.72. The van der Waals surface area contributed by atoms with E-state index in [2.05, 4.69) is 9.97 Å². The second kappa shape index (κ2) is 5.09. The molecular weight excluding hydrogens is 327 g/mol. The van der Waals surface area contributed by atoms with Crippen LogP contribution >= 0.6 is 11.6 Å². The molecule has 2 aromatic rings. The number of rotatable bonds is 2. The number of aromatic nitrogens is 2. The maximum absolute atomic E-state index is 13.2. The van der Waals surface area contributed by atoms with Gasteiger partial charge >= 0.3 is 0 Å². The quantitative estimate of drug-likeness (QED) is 0.779. The molecule has 23 heavy (non-hydrogen) atoms. The molecule has 7 heteroatoms. The van der Waals surface area contributed by atoms with Crippen LogP contribution in [0.5, 0.6) is 0 Å². The highest BCUT2D eigenvalue weighted by Gasteiger charge is 2.46. The summed E-state index contributed by atoms with van der Waals surface area (Å²) in [7, 11) is 0. The van der Waals surface area contributed by atoms with Gasteiger partial charge in [-0.15, -0.1) is 0 Å². The lowest BCUT2D eigenvalue weighted by atomic mass is 9.96. The van der Waals surface area contributed by atoms with Crippen molar-refractivity contribution in [2.24, 2.45) is 0 Å². The number of halogens is 4. The lowest BCUT2D eigenvalue weighted by molar-refractivity contribution is -0.0267. The molecule has 1 aliphatic carbocycles. The molecule has 0 bridgehead atoms. The van der Waals surface area contributed by atoms with Gasteiger partial charge in [-0.25, -0.2) is 23.1 Å². The van der Waals surface area contributed by atoms with Crippen molar-refractivity contribution in [3.8, 4) is 0 Å². The van der Waals surface area contributed by atoms with Gasteiger partial charge in [-0.2, -0.15) is 0 Å². The highest BCUT2D eigenvalue weighted by atomic mass is 35.5. The zero-order valence-electron chi connectivity index (χ0n) is 12.1. The fourth-order valence-corrected chi connectivity index (χ4v) is 3.53. The smallest absolute Gasteiger partial charge is 0.282 e. The van der Waals surface area contributed by atoms with Crippen LogP contribution < -0.4 is 4.90 Å². The van der Waals surface area contributed by atoms with Crippen molar-refractivity contribution < 1.29 is 13.2 Å². The molecule has 0 saturated carbocycles. The molecule has 1 aromatic heterocycles. The van der Waals surface area contributed by atoms with Gasteiger partial charge in [0.25, 0.3) is 5.92 Å². The molecule has 0 amide bonds. The van der Waals surface area contributed by atoms with Gasteiger partial charge in [0.2, 0.25) is 5.28 Å². The fraction of sp³-hybridized carbons (Fsp3) is 0.375. The third-order valence-corrected chi connectivity index (χ3v) is 4.59. The van der Waals surface area contributed by atoms with Crippen molar-refractivity contribution in [3.05, 3.63) is 52.2 Å². The first kappa shape index (κ1) is 14.8. The average molecular weight is 340 g/mol. The Morgan fingerprint density at radius 1 is 1.13 bits per heavy atom. The Kier molecular flexibility index (Phi) is 3.27. The number of hydrogen-bond acceptors (Lipinski definition) is 3. The van der Waals surface area contributed by atoms with Crippen LogP contribution in [0, 0.1) is 5.82 Å². The lowest BCUT2D eigenvalue weighted by Crippen LogP contribution is -2.57. The predicted octanol–water partition coefficient (Wildman–Crippen LogP) is 3.80. The number of nitrogens with zero attached hydrogens (tertiary/aromatic N) is 3. The molecule has 1 aliphatic heterocycles. The lowest BCUT2D eigenvalue weighted by Gasteiger charge is -2.40. The third kappa shape index (κ3) is 2.55. The van der Waals surface area contributed by atoms with E-state index >= 15 is 0 Å². The minimum atomic E-state index is -2.67. The zero-order chi connectivity index (χ0) is 16.2. The van der Waals surface area contributed by atoms with Crippen molar-refractivity contribution in [3.63, 3.8) is 0 Å². The Morgan fingerprint density at radius 3 is 2.48 bits per heavy atom. The molecule has 0 N–H and O–H groups in total. The Hall–Kier alpha value is -1.82. The normalized spacial score (nSPS) is 21.9. The standard InChI is InChI=1S/C16H13ClF3N3/c17-15-21-13-11(9-1-3-10(18)4-2-9)5-6-12(13)14(22-15)23-7-16(19,20)8-23/h1-4,11H,5-8H2. The summed E-state index contributed by atoms with van der Waals surface area (Å²) in [6, 6.07) is 6.27. The molecule has 1 saturated heterocycles. The van der Waals surface area contributed by atoms with Crippen molar-refractivity contribution in [1.82, 2.24) is 9.97 Å². The van der Waals surface area contributed by atoms with Crippen LogP contribution in [0.3, 0.4) is 0 Å². The number of anilines is 1. The highest BCUT2D eigenvalue weighted by Crippen LogP contribution is 2.43. The number of alkyl halides is 2. The molecule has 4 rings (SSSR count). The molecule has 120 valence electrons. The summed E-state index contributed by atoms with van der Waals surface area (Å²) in [5, 5.41) is 0.0583. The maximum atomic E-state index is 13.2. The van der Waals surface area contributed by atoms with Crippen LogP contribution in [-0.4, -0.2) is 29.0 Å². The number of fused-ring (bicyclic) bond motifs is 1. The summed E-state index contributed by atoms with van der Waals surface area (Å²) < 4.78 is 39.4. The van der Waals surface area contributed by atoms with Crippen molar-refractivity contribution in [2.45, 2.75) is 24.7 Å². The summed E-state index contributed by atoms with van der Waals surface area (Å²) in [6.07, 6.45) is 1.49. The summed E-state index contributed by atoms with van der Waals surface area (Å²) in [5.74, 6) is -2.46. The van der Waals surface area contributed by atoms with Crippen molar-refractivity contribution in [1.29, 1.82) is 0 Å². The number of hydrogen-bond donors (Lipinski definition) is 0. The van der Waals surface area contributed by atoms with E-state index in [-0.39, 0.29) is 30.1 Å². The van der Waals surface area contributed by atoms with Crippen LogP contribution in [0.25, 0.3) is 0 Å². The van der Waals surface area contributed by atoms with Crippen LogP contribution in [0.1, 0.15) is 29.2 Å². The molecule has 1 aromatic carbocycles. The van der Waals surface area contributed by atoms with E-state index in [0.29, 0.717) is 12.2 Å². The monoisotopic (exact) mass is 339 g/mol. The van der Waals surface area contributed by atoms with Gasteiger partial charge in [-0.05, 0) is 42.1 Å². The van der Waals surface area contributed by atoms with E-state index in [1.165, 1.54) is 12.1 Å². The topological polar surface area (TPSA) is 29.0 Å². The van der Waals surface area contributed by atoms with Gasteiger partial charge < -0.3 is 4.90 Å². The van der Waals surface area contributed by atoms with Crippen LogP contribution in [0.2, 0.25) is 5.28 Å². The molecule has 0 spiro atoms.